The molecule has 0 spiro atoms. The number of nitrogen functional groups attached to an aromatic ring is 1. The number of nitrogens with two attached hydrogens (primary N) is 1. The Hall–Kier alpha value is -0.880. The lowest BCUT2D eigenvalue weighted by atomic mass is 10.1. The molecule has 1 aromatic heterocycles. The van der Waals surface area contributed by atoms with E-state index >= 15 is 0 Å². The molecule has 1 aliphatic heterocycles. The molecule has 0 aliphatic carbocycles. The van der Waals surface area contributed by atoms with E-state index in [2.05, 4.69) is 10.2 Å². The fourth-order valence-corrected chi connectivity index (χ4v) is 1.63. The zero-order valence-electron chi connectivity index (χ0n) is 7.19. The number of aromatic amines is 1. The van der Waals surface area contributed by atoms with Crippen LogP contribution in [0.4, 0.5) is 0 Å². The van der Waals surface area contributed by atoms with Crippen molar-refractivity contribution in [2.24, 2.45) is 0 Å². The molecular formula is C7H12N4OS. The van der Waals surface area contributed by atoms with Gasteiger partial charge in [-0.05, 0) is 31.5 Å². The van der Waals surface area contributed by atoms with E-state index in [0.29, 0.717) is 10.6 Å². The molecule has 0 aromatic carbocycles. The van der Waals surface area contributed by atoms with Gasteiger partial charge in [0, 0.05) is 6.61 Å². The summed E-state index contributed by atoms with van der Waals surface area (Å²) < 4.78 is 7.34. The molecule has 6 heteroatoms. The van der Waals surface area contributed by atoms with Crippen molar-refractivity contribution in [2.75, 3.05) is 12.4 Å². The Bertz CT molecular complexity index is 339. The molecule has 0 bridgehead atoms. The van der Waals surface area contributed by atoms with E-state index in [1.807, 2.05) is 0 Å². The second-order valence-corrected chi connectivity index (χ2v) is 3.50. The fourth-order valence-electron chi connectivity index (χ4n) is 1.49. The first-order valence-corrected chi connectivity index (χ1v) is 4.74. The van der Waals surface area contributed by atoms with Crippen molar-refractivity contribution in [1.82, 2.24) is 14.9 Å². The van der Waals surface area contributed by atoms with Crippen LogP contribution in [0.25, 0.3) is 0 Å². The average molecular weight is 200 g/mol. The Morgan fingerprint density at radius 1 is 1.62 bits per heavy atom. The molecule has 0 amide bonds. The van der Waals surface area contributed by atoms with Crippen LogP contribution in [0.1, 0.15) is 31.2 Å². The summed E-state index contributed by atoms with van der Waals surface area (Å²) in [6, 6.07) is 0. The lowest BCUT2D eigenvalue weighted by Crippen LogP contribution is -2.20. The molecule has 2 rings (SSSR count). The predicted molar refractivity (Wildman–Crippen MR) is 50.1 cm³/mol. The molecule has 1 fully saturated rings. The zero-order chi connectivity index (χ0) is 9.26. The Labute approximate surface area is 80.9 Å². The molecule has 1 atom stereocenters. The number of aromatic nitrogens is 3. The quantitative estimate of drug-likeness (QED) is 0.522. The molecule has 0 saturated carbocycles. The number of hydrogen-bond acceptors (Lipinski definition) is 4. The maximum atomic E-state index is 5.67. The van der Waals surface area contributed by atoms with Gasteiger partial charge in [-0.25, -0.2) is 4.68 Å². The van der Waals surface area contributed by atoms with Gasteiger partial charge in [-0.2, -0.15) is 5.10 Å². The minimum atomic E-state index is 0.00620. The molecule has 72 valence electrons. The van der Waals surface area contributed by atoms with E-state index in [0.717, 1.165) is 25.9 Å². The SMILES string of the molecule is Nn1c([C@@H]2CCCCO2)n[nH]c1=S. The van der Waals surface area contributed by atoms with Crippen molar-refractivity contribution in [2.45, 2.75) is 25.4 Å². The largest absolute Gasteiger partial charge is 0.370 e. The highest BCUT2D eigenvalue weighted by atomic mass is 32.1. The summed E-state index contributed by atoms with van der Waals surface area (Å²) in [5.41, 5.74) is 0. The minimum absolute atomic E-state index is 0.00620. The summed E-state index contributed by atoms with van der Waals surface area (Å²) >= 11 is 4.91. The van der Waals surface area contributed by atoms with Crippen LogP contribution in [0.5, 0.6) is 0 Å². The van der Waals surface area contributed by atoms with E-state index in [-0.39, 0.29) is 6.10 Å². The average Bonchev–Trinajstić information content (AvgIpc) is 2.49. The van der Waals surface area contributed by atoms with Crippen LogP contribution in [0.3, 0.4) is 0 Å². The molecule has 5 nitrogen and oxygen atoms in total. The van der Waals surface area contributed by atoms with Gasteiger partial charge in [-0.1, -0.05) is 0 Å². The highest BCUT2D eigenvalue weighted by Crippen LogP contribution is 2.25. The van der Waals surface area contributed by atoms with Gasteiger partial charge in [0.25, 0.3) is 0 Å². The minimum Gasteiger partial charge on any atom is -0.370 e. The van der Waals surface area contributed by atoms with Crippen LogP contribution >= 0.6 is 12.2 Å². The third-order valence-electron chi connectivity index (χ3n) is 2.20. The number of nitrogens with zero attached hydrogens (tertiary/aromatic N) is 2. The first kappa shape index (κ1) is 8.71. The zero-order valence-corrected chi connectivity index (χ0v) is 8.01. The summed E-state index contributed by atoms with van der Waals surface area (Å²) in [4.78, 5) is 0. The number of H-pyrrole nitrogens is 1. The van der Waals surface area contributed by atoms with E-state index in [1.165, 1.54) is 4.68 Å². The van der Waals surface area contributed by atoms with Crippen LogP contribution in [-0.2, 0) is 4.74 Å². The fraction of sp³-hybridized carbons (Fsp3) is 0.714. The van der Waals surface area contributed by atoms with Gasteiger partial charge >= 0.3 is 0 Å². The predicted octanol–water partition coefficient (Wildman–Crippen LogP) is 0.896. The van der Waals surface area contributed by atoms with Crippen molar-refractivity contribution in [3.05, 3.63) is 10.6 Å². The second kappa shape index (κ2) is 3.47. The third kappa shape index (κ3) is 1.59. The van der Waals surface area contributed by atoms with Crippen LogP contribution in [0.2, 0.25) is 0 Å². The molecule has 1 aromatic rings. The van der Waals surface area contributed by atoms with Crippen LogP contribution in [0, 0.1) is 4.77 Å². The summed E-state index contributed by atoms with van der Waals surface area (Å²) in [6.45, 7) is 0.782. The first-order chi connectivity index (χ1) is 6.29. The molecular weight excluding hydrogens is 188 g/mol. The number of hydrogen-bond donors (Lipinski definition) is 2. The molecule has 13 heavy (non-hydrogen) atoms. The number of ether oxygens (including phenoxy) is 1. The van der Waals surface area contributed by atoms with Crippen molar-refractivity contribution in [1.29, 1.82) is 0 Å². The summed E-state index contributed by atoms with van der Waals surface area (Å²) in [5, 5.41) is 6.68. The lowest BCUT2D eigenvalue weighted by molar-refractivity contribution is 0.00799. The van der Waals surface area contributed by atoms with Gasteiger partial charge in [0.15, 0.2) is 5.82 Å². The highest BCUT2D eigenvalue weighted by Gasteiger charge is 2.20. The topological polar surface area (TPSA) is 68.9 Å². The highest BCUT2D eigenvalue weighted by molar-refractivity contribution is 7.71. The monoisotopic (exact) mass is 200 g/mol. The molecule has 1 aliphatic rings. The van der Waals surface area contributed by atoms with E-state index in [1.54, 1.807) is 0 Å². The summed E-state index contributed by atoms with van der Waals surface area (Å²) in [6.07, 6.45) is 3.25. The lowest BCUT2D eigenvalue weighted by Gasteiger charge is -2.20. The van der Waals surface area contributed by atoms with Crippen molar-refractivity contribution >= 4 is 12.2 Å². The smallest absolute Gasteiger partial charge is 0.214 e. The van der Waals surface area contributed by atoms with Crippen molar-refractivity contribution in [3.63, 3.8) is 0 Å². The molecule has 0 unspecified atom stereocenters. The maximum absolute atomic E-state index is 5.67. The van der Waals surface area contributed by atoms with Gasteiger partial charge in [0.1, 0.15) is 6.10 Å². The normalized spacial score (nSPS) is 23.2. The second-order valence-electron chi connectivity index (χ2n) is 3.11. The van der Waals surface area contributed by atoms with Crippen LogP contribution < -0.4 is 5.84 Å². The van der Waals surface area contributed by atoms with E-state index in [9.17, 15) is 0 Å². The number of rotatable bonds is 1. The Morgan fingerprint density at radius 3 is 3.00 bits per heavy atom. The number of nitrogens with one attached hydrogen (secondary N) is 1. The van der Waals surface area contributed by atoms with E-state index in [4.69, 9.17) is 22.8 Å². The Balaban J connectivity index is 2.23. The van der Waals surface area contributed by atoms with Gasteiger partial charge in [-0.3, -0.25) is 5.10 Å². The Kier molecular flexibility index (Phi) is 2.32. The molecule has 2 heterocycles. The summed E-state index contributed by atoms with van der Waals surface area (Å²) in [7, 11) is 0. The Morgan fingerprint density at radius 2 is 2.46 bits per heavy atom. The maximum Gasteiger partial charge on any atom is 0.214 e. The van der Waals surface area contributed by atoms with Crippen molar-refractivity contribution < 1.29 is 4.74 Å². The molecule has 3 N–H and O–H groups in total. The van der Waals surface area contributed by atoms with Gasteiger partial charge in [0.2, 0.25) is 4.77 Å². The first-order valence-electron chi connectivity index (χ1n) is 4.33. The van der Waals surface area contributed by atoms with Crippen molar-refractivity contribution in [3.8, 4) is 0 Å². The van der Waals surface area contributed by atoms with E-state index < -0.39 is 0 Å². The van der Waals surface area contributed by atoms with Crippen LogP contribution in [0.15, 0.2) is 0 Å². The van der Waals surface area contributed by atoms with Gasteiger partial charge in [0.05, 0.1) is 0 Å². The summed E-state index contributed by atoms with van der Waals surface area (Å²) in [5.74, 6) is 6.37. The third-order valence-corrected chi connectivity index (χ3v) is 2.49. The molecule has 0 radical (unpaired) electrons. The van der Waals surface area contributed by atoms with Gasteiger partial charge in [-0.15, -0.1) is 0 Å². The van der Waals surface area contributed by atoms with Gasteiger partial charge < -0.3 is 10.6 Å². The molecule has 1 saturated heterocycles. The van der Waals surface area contributed by atoms with Crippen LogP contribution in [-0.4, -0.2) is 21.5 Å². The standard InChI is InChI=1S/C7H12N4OS/c8-11-6(9-10-7(11)13)5-3-1-2-4-12-5/h5H,1-4,8H2,(H,10,13)/t5-/m0/s1.